The van der Waals surface area contributed by atoms with E-state index in [1.165, 1.54) is 0 Å². The molecule has 0 aliphatic carbocycles. The predicted octanol–water partition coefficient (Wildman–Crippen LogP) is 2.79. The number of anilines is 1. The van der Waals surface area contributed by atoms with E-state index in [0.29, 0.717) is 5.75 Å². The molecule has 0 heterocycles. The molecular weight excluding hydrogens is 300 g/mol. The SMILES string of the molecule is O=S(=O)(CCOc1ccccc1)Nc1cc(F)ccc1F. The summed E-state index contributed by atoms with van der Waals surface area (Å²) in [5.74, 6) is -1.42. The summed E-state index contributed by atoms with van der Waals surface area (Å²) in [5, 5.41) is 0. The first-order chi connectivity index (χ1) is 9.96. The van der Waals surface area contributed by atoms with Crippen molar-refractivity contribution in [3.63, 3.8) is 0 Å². The molecule has 0 spiro atoms. The summed E-state index contributed by atoms with van der Waals surface area (Å²) in [6.07, 6.45) is 0. The highest BCUT2D eigenvalue weighted by atomic mass is 32.2. The second-order valence-corrected chi connectivity index (χ2v) is 6.05. The normalized spacial score (nSPS) is 11.1. The maximum absolute atomic E-state index is 13.4. The Balaban J connectivity index is 1.94. The van der Waals surface area contributed by atoms with Crippen LogP contribution in [-0.2, 0) is 10.0 Å². The lowest BCUT2D eigenvalue weighted by molar-refractivity contribution is 0.341. The molecule has 0 radical (unpaired) electrons. The minimum absolute atomic E-state index is 0.101. The van der Waals surface area contributed by atoms with E-state index in [1.807, 2.05) is 4.72 Å². The highest BCUT2D eigenvalue weighted by Gasteiger charge is 2.14. The summed E-state index contributed by atoms with van der Waals surface area (Å²) in [6, 6.07) is 11.2. The summed E-state index contributed by atoms with van der Waals surface area (Å²) in [5.41, 5.74) is -0.422. The van der Waals surface area contributed by atoms with Crippen molar-refractivity contribution in [1.82, 2.24) is 0 Å². The van der Waals surface area contributed by atoms with Gasteiger partial charge in [-0.3, -0.25) is 4.72 Å². The van der Waals surface area contributed by atoms with E-state index < -0.39 is 27.3 Å². The molecule has 0 aromatic heterocycles. The maximum Gasteiger partial charge on any atom is 0.236 e. The van der Waals surface area contributed by atoms with Crippen LogP contribution in [0.5, 0.6) is 5.75 Å². The molecule has 0 atom stereocenters. The van der Waals surface area contributed by atoms with E-state index in [0.717, 1.165) is 18.2 Å². The molecule has 2 rings (SSSR count). The number of hydrogen-bond acceptors (Lipinski definition) is 3. The van der Waals surface area contributed by atoms with Crippen LogP contribution in [0.2, 0.25) is 0 Å². The van der Waals surface area contributed by atoms with Crippen molar-refractivity contribution in [3.8, 4) is 5.75 Å². The van der Waals surface area contributed by atoms with Crippen molar-refractivity contribution >= 4 is 15.7 Å². The average molecular weight is 313 g/mol. The zero-order valence-corrected chi connectivity index (χ0v) is 11.7. The van der Waals surface area contributed by atoms with Crippen LogP contribution in [0.4, 0.5) is 14.5 Å². The third kappa shape index (κ3) is 4.71. The summed E-state index contributed by atoms with van der Waals surface area (Å²) in [7, 11) is -3.83. The lowest BCUT2D eigenvalue weighted by atomic mass is 10.3. The highest BCUT2D eigenvalue weighted by Crippen LogP contribution is 2.17. The van der Waals surface area contributed by atoms with E-state index >= 15 is 0 Å². The molecule has 7 heteroatoms. The monoisotopic (exact) mass is 313 g/mol. The number of halogens is 2. The molecule has 0 aliphatic rings. The van der Waals surface area contributed by atoms with Gasteiger partial charge < -0.3 is 4.74 Å². The van der Waals surface area contributed by atoms with Crippen LogP contribution in [0, 0.1) is 11.6 Å². The summed E-state index contributed by atoms with van der Waals surface area (Å²) < 4.78 is 57.1. The van der Waals surface area contributed by atoms with Gasteiger partial charge in [-0.1, -0.05) is 18.2 Å². The first kappa shape index (κ1) is 15.2. The van der Waals surface area contributed by atoms with Crippen molar-refractivity contribution in [2.75, 3.05) is 17.1 Å². The van der Waals surface area contributed by atoms with Crippen molar-refractivity contribution in [1.29, 1.82) is 0 Å². The highest BCUT2D eigenvalue weighted by molar-refractivity contribution is 7.92. The van der Waals surface area contributed by atoms with Gasteiger partial charge in [0.1, 0.15) is 29.7 Å². The zero-order chi connectivity index (χ0) is 15.3. The number of para-hydroxylation sites is 1. The second-order valence-electron chi connectivity index (χ2n) is 4.21. The predicted molar refractivity (Wildman–Crippen MR) is 75.7 cm³/mol. The molecule has 21 heavy (non-hydrogen) atoms. The lowest BCUT2D eigenvalue weighted by Crippen LogP contribution is -2.22. The first-order valence-electron chi connectivity index (χ1n) is 6.10. The molecule has 2 aromatic rings. The quantitative estimate of drug-likeness (QED) is 0.892. The Kier molecular flexibility index (Phi) is 4.74. The van der Waals surface area contributed by atoms with E-state index in [1.54, 1.807) is 30.3 Å². The lowest BCUT2D eigenvalue weighted by Gasteiger charge is -2.10. The first-order valence-corrected chi connectivity index (χ1v) is 7.75. The van der Waals surface area contributed by atoms with Gasteiger partial charge in [0.05, 0.1) is 5.69 Å². The fraction of sp³-hybridized carbons (Fsp3) is 0.143. The van der Waals surface area contributed by atoms with E-state index in [4.69, 9.17) is 4.74 Å². The minimum Gasteiger partial charge on any atom is -0.492 e. The van der Waals surface area contributed by atoms with Crippen LogP contribution in [0.25, 0.3) is 0 Å². The topological polar surface area (TPSA) is 55.4 Å². The molecule has 0 fully saturated rings. The zero-order valence-electron chi connectivity index (χ0n) is 10.9. The summed E-state index contributed by atoms with van der Waals surface area (Å²) >= 11 is 0. The van der Waals surface area contributed by atoms with Crippen LogP contribution >= 0.6 is 0 Å². The number of ether oxygens (including phenoxy) is 1. The Morgan fingerprint density at radius 1 is 1.05 bits per heavy atom. The number of nitrogens with one attached hydrogen (secondary N) is 1. The van der Waals surface area contributed by atoms with Crippen LogP contribution < -0.4 is 9.46 Å². The van der Waals surface area contributed by atoms with Gasteiger partial charge in [0.2, 0.25) is 10.0 Å². The Morgan fingerprint density at radius 3 is 2.48 bits per heavy atom. The Bertz CT molecular complexity index is 705. The van der Waals surface area contributed by atoms with Crippen LogP contribution in [-0.4, -0.2) is 20.8 Å². The summed E-state index contributed by atoms with van der Waals surface area (Å²) in [4.78, 5) is 0. The molecule has 0 aliphatic heterocycles. The van der Waals surface area contributed by atoms with Gasteiger partial charge in [-0.05, 0) is 24.3 Å². The Labute approximate surface area is 121 Å². The van der Waals surface area contributed by atoms with Crippen LogP contribution in [0.3, 0.4) is 0 Å². The smallest absolute Gasteiger partial charge is 0.236 e. The molecule has 0 saturated carbocycles. The third-order valence-corrected chi connectivity index (χ3v) is 3.79. The largest absolute Gasteiger partial charge is 0.492 e. The van der Waals surface area contributed by atoms with E-state index in [2.05, 4.69) is 0 Å². The van der Waals surface area contributed by atoms with E-state index in [9.17, 15) is 17.2 Å². The van der Waals surface area contributed by atoms with Crippen molar-refractivity contribution < 1.29 is 21.9 Å². The van der Waals surface area contributed by atoms with Crippen molar-refractivity contribution in [3.05, 3.63) is 60.2 Å². The average Bonchev–Trinajstić information content (AvgIpc) is 2.43. The fourth-order valence-corrected chi connectivity index (χ4v) is 2.48. The molecule has 0 amide bonds. The van der Waals surface area contributed by atoms with Gasteiger partial charge in [0, 0.05) is 6.07 Å². The van der Waals surface area contributed by atoms with Crippen molar-refractivity contribution in [2.45, 2.75) is 0 Å². The third-order valence-electron chi connectivity index (χ3n) is 2.56. The Hall–Kier alpha value is -2.15. The number of rotatable bonds is 6. The van der Waals surface area contributed by atoms with Crippen LogP contribution in [0.15, 0.2) is 48.5 Å². The molecule has 0 saturated heterocycles. The minimum atomic E-state index is -3.83. The van der Waals surface area contributed by atoms with Gasteiger partial charge in [-0.15, -0.1) is 0 Å². The molecule has 4 nitrogen and oxygen atoms in total. The van der Waals surface area contributed by atoms with Crippen LogP contribution in [0.1, 0.15) is 0 Å². The molecule has 0 bridgehead atoms. The number of hydrogen-bond donors (Lipinski definition) is 1. The standard InChI is InChI=1S/C14H13F2NO3S/c15-11-6-7-13(16)14(10-11)17-21(18,19)9-8-20-12-4-2-1-3-5-12/h1-7,10,17H,8-9H2. The molecule has 2 aromatic carbocycles. The van der Waals surface area contributed by atoms with Gasteiger partial charge in [-0.2, -0.15) is 0 Å². The number of benzene rings is 2. The molecule has 112 valence electrons. The van der Waals surface area contributed by atoms with Gasteiger partial charge >= 0.3 is 0 Å². The summed E-state index contributed by atoms with van der Waals surface area (Å²) in [6.45, 7) is -0.101. The van der Waals surface area contributed by atoms with Gasteiger partial charge in [-0.25, -0.2) is 17.2 Å². The van der Waals surface area contributed by atoms with Gasteiger partial charge in [0.25, 0.3) is 0 Å². The fourth-order valence-electron chi connectivity index (χ4n) is 1.58. The van der Waals surface area contributed by atoms with Crippen molar-refractivity contribution in [2.24, 2.45) is 0 Å². The molecule has 1 N–H and O–H groups in total. The second kappa shape index (κ2) is 6.53. The molecular formula is C14H13F2NO3S. The number of sulfonamides is 1. The maximum atomic E-state index is 13.4. The molecule has 0 unspecified atom stereocenters. The Morgan fingerprint density at radius 2 is 1.76 bits per heavy atom. The van der Waals surface area contributed by atoms with E-state index in [-0.39, 0.29) is 12.4 Å². The van der Waals surface area contributed by atoms with Gasteiger partial charge in [0.15, 0.2) is 0 Å².